The van der Waals surface area contributed by atoms with Gasteiger partial charge in [0.25, 0.3) is 0 Å². The summed E-state index contributed by atoms with van der Waals surface area (Å²) < 4.78 is 0. The Morgan fingerprint density at radius 3 is 2.56 bits per heavy atom. The van der Waals surface area contributed by atoms with Gasteiger partial charge in [0.15, 0.2) is 0 Å². The zero-order valence-corrected chi connectivity index (χ0v) is 11.9. The molecular weight excluding hydrogens is 222 g/mol. The first kappa shape index (κ1) is 13.5. The Bertz CT molecular complexity index is 402. The van der Waals surface area contributed by atoms with Gasteiger partial charge in [0.05, 0.1) is 0 Å². The van der Waals surface area contributed by atoms with Crippen LogP contribution < -0.4 is 5.73 Å². The normalized spacial score (nSPS) is 20.0. The molecule has 3 nitrogen and oxygen atoms in total. The lowest BCUT2D eigenvalue weighted by Crippen LogP contribution is -2.22. The second kappa shape index (κ2) is 5.35. The van der Waals surface area contributed by atoms with Gasteiger partial charge in [0.1, 0.15) is 5.82 Å². The Kier molecular flexibility index (Phi) is 4.00. The first-order chi connectivity index (χ1) is 8.50. The highest BCUT2D eigenvalue weighted by atomic mass is 14.9. The highest BCUT2D eigenvalue weighted by Gasteiger charge is 2.29. The highest BCUT2D eigenvalue weighted by molar-refractivity contribution is 5.13. The van der Waals surface area contributed by atoms with Crippen LogP contribution in [0.1, 0.15) is 62.7 Å². The molecule has 0 atom stereocenters. The molecule has 0 unspecified atom stereocenters. The van der Waals surface area contributed by atoms with Crippen molar-refractivity contribution in [1.82, 2.24) is 9.97 Å². The van der Waals surface area contributed by atoms with Gasteiger partial charge in [-0.05, 0) is 50.6 Å². The summed E-state index contributed by atoms with van der Waals surface area (Å²) in [6.45, 7) is 7.44. The maximum absolute atomic E-state index is 5.61. The average molecular weight is 247 g/mol. The van der Waals surface area contributed by atoms with Gasteiger partial charge >= 0.3 is 0 Å². The standard InChI is InChI=1S/C15H25N3/c1-11-10-13(6-9-16)18-14(17-11)12-4-7-15(2,3)8-5-12/h10,12H,4-9,16H2,1-3H3. The van der Waals surface area contributed by atoms with E-state index in [2.05, 4.69) is 31.8 Å². The summed E-state index contributed by atoms with van der Waals surface area (Å²) in [5.74, 6) is 1.60. The Labute approximate surface area is 110 Å². The van der Waals surface area contributed by atoms with Crippen molar-refractivity contribution in [2.75, 3.05) is 6.54 Å². The summed E-state index contributed by atoms with van der Waals surface area (Å²) in [7, 11) is 0. The molecule has 0 spiro atoms. The number of aryl methyl sites for hydroxylation is 1. The van der Waals surface area contributed by atoms with E-state index >= 15 is 0 Å². The van der Waals surface area contributed by atoms with E-state index < -0.39 is 0 Å². The Morgan fingerprint density at radius 1 is 1.28 bits per heavy atom. The van der Waals surface area contributed by atoms with Gasteiger partial charge in [-0.1, -0.05) is 13.8 Å². The summed E-state index contributed by atoms with van der Waals surface area (Å²) in [6, 6.07) is 2.06. The maximum atomic E-state index is 5.61. The van der Waals surface area contributed by atoms with Crippen LogP contribution >= 0.6 is 0 Å². The fourth-order valence-corrected chi connectivity index (χ4v) is 2.77. The lowest BCUT2D eigenvalue weighted by atomic mass is 9.73. The van der Waals surface area contributed by atoms with Crippen molar-refractivity contribution in [3.05, 3.63) is 23.3 Å². The van der Waals surface area contributed by atoms with Crippen LogP contribution in [-0.4, -0.2) is 16.5 Å². The van der Waals surface area contributed by atoms with Gasteiger partial charge in [-0.15, -0.1) is 0 Å². The van der Waals surface area contributed by atoms with Gasteiger partial charge in [-0.2, -0.15) is 0 Å². The molecular formula is C15H25N3. The van der Waals surface area contributed by atoms with E-state index in [9.17, 15) is 0 Å². The molecule has 1 aromatic heterocycles. The maximum Gasteiger partial charge on any atom is 0.131 e. The third kappa shape index (κ3) is 3.29. The van der Waals surface area contributed by atoms with Gasteiger partial charge < -0.3 is 5.73 Å². The van der Waals surface area contributed by atoms with Crippen LogP contribution in [0.4, 0.5) is 0 Å². The molecule has 0 amide bonds. The van der Waals surface area contributed by atoms with Crippen molar-refractivity contribution in [2.45, 2.75) is 58.8 Å². The largest absolute Gasteiger partial charge is 0.330 e. The predicted molar refractivity (Wildman–Crippen MR) is 74.5 cm³/mol. The lowest BCUT2D eigenvalue weighted by Gasteiger charge is -2.33. The van der Waals surface area contributed by atoms with Gasteiger partial charge in [-0.25, -0.2) is 9.97 Å². The topological polar surface area (TPSA) is 51.8 Å². The van der Waals surface area contributed by atoms with E-state index in [1.807, 2.05) is 0 Å². The second-order valence-electron chi connectivity index (χ2n) is 6.34. The van der Waals surface area contributed by atoms with Crippen molar-refractivity contribution < 1.29 is 0 Å². The van der Waals surface area contributed by atoms with E-state index in [1.165, 1.54) is 25.7 Å². The first-order valence-electron chi connectivity index (χ1n) is 7.05. The summed E-state index contributed by atoms with van der Waals surface area (Å²) in [5, 5.41) is 0. The number of nitrogens with zero attached hydrogens (tertiary/aromatic N) is 2. The minimum Gasteiger partial charge on any atom is -0.330 e. The molecule has 1 heterocycles. The van der Waals surface area contributed by atoms with Gasteiger partial charge in [0, 0.05) is 23.7 Å². The van der Waals surface area contributed by atoms with E-state index in [0.29, 0.717) is 17.9 Å². The molecule has 0 aliphatic heterocycles. The van der Waals surface area contributed by atoms with Crippen LogP contribution in [0.5, 0.6) is 0 Å². The molecule has 0 radical (unpaired) electrons. The summed E-state index contributed by atoms with van der Waals surface area (Å²) in [4.78, 5) is 9.34. The van der Waals surface area contributed by atoms with Crippen LogP contribution in [0.25, 0.3) is 0 Å². The second-order valence-corrected chi connectivity index (χ2v) is 6.34. The Hall–Kier alpha value is -0.960. The van der Waals surface area contributed by atoms with Crippen molar-refractivity contribution in [1.29, 1.82) is 0 Å². The molecule has 0 saturated heterocycles. The zero-order valence-electron chi connectivity index (χ0n) is 11.9. The SMILES string of the molecule is Cc1cc(CCN)nc(C2CCC(C)(C)CC2)n1. The van der Waals surface area contributed by atoms with Crippen molar-refractivity contribution in [3.8, 4) is 0 Å². The monoisotopic (exact) mass is 247 g/mol. The third-order valence-corrected chi connectivity index (χ3v) is 4.03. The van der Waals surface area contributed by atoms with Crippen LogP contribution in [0.15, 0.2) is 6.07 Å². The summed E-state index contributed by atoms with van der Waals surface area (Å²) >= 11 is 0. The fourth-order valence-electron chi connectivity index (χ4n) is 2.77. The van der Waals surface area contributed by atoms with Crippen LogP contribution in [0, 0.1) is 12.3 Å². The quantitative estimate of drug-likeness (QED) is 0.893. The van der Waals surface area contributed by atoms with E-state index in [-0.39, 0.29) is 0 Å². The molecule has 100 valence electrons. The van der Waals surface area contributed by atoms with E-state index in [4.69, 9.17) is 10.7 Å². The molecule has 1 aliphatic rings. The van der Waals surface area contributed by atoms with Crippen molar-refractivity contribution in [3.63, 3.8) is 0 Å². The first-order valence-corrected chi connectivity index (χ1v) is 7.05. The molecule has 3 heteroatoms. The lowest BCUT2D eigenvalue weighted by molar-refractivity contribution is 0.220. The summed E-state index contributed by atoms with van der Waals surface area (Å²) in [6.07, 6.45) is 5.86. The number of rotatable bonds is 3. The Morgan fingerprint density at radius 2 is 1.94 bits per heavy atom. The molecule has 18 heavy (non-hydrogen) atoms. The van der Waals surface area contributed by atoms with Crippen LogP contribution in [-0.2, 0) is 6.42 Å². The summed E-state index contributed by atoms with van der Waals surface area (Å²) in [5.41, 5.74) is 8.29. The average Bonchev–Trinajstić information content (AvgIpc) is 2.28. The van der Waals surface area contributed by atoms with Crippen LogP contribution in [0.3, 0.4) is 0 Å². The molecule has 0 bridgehead atoms. The Balaban J connectivity index is 2.13. The molecule has 0 aromatic carbocycles. The number of hydrogen-bond donors (Lipinski definition) is 1. The molecule has 1 aromatic rings. The minimum atomic E-state index is 0.500. The van der Waals surface area contributed by atoms with Crippen molar-refractivity contribution in [2.24, 2.45) is 11.1 Å². The van der Waals surface area contributed by atoms with Crippen molar-refractivity contribution >= 4 is 0 Å². The number of hydrogen-bond acceptors (Lipinski definition) is 3. The molecule has 1 fully saturated rings. The fraction of sp³-hybridized carbons (Fsp3) is 0.733. The van der Waals surface area contributed by atoms with E-state index in [1.54, 1.807) is 0 Å². The van der Waals surface area contributed by atoms with Gasteiger partial charge in [0.2, 0.25) is 0 Å². The smallest absolute Gasteiger partial charge is 0.131 e. The number of aromatic nitrogens is 2. The third-order valence-electron chi connectivity index (χ3n) is 4.03. The molecule has 2 rings (SSSR count). The van der Waals surface area contributed by atoms with Gasteiger partial charge in [-0.3, -0.25) is 0 Å². The molecule has 1 saturated carbocycles. The molecule has 1 aliphatic carbocycles. The minimum absolute atomic E-state index is 0.500. The number of nitrogens with two attached hydrogens (primary N) is 1. The zero-order chi connectivity index (χ0) is 13.2. The predicted octanol–water partition coefficient (Wildman–Crippen LogP) is 2.97. The van der Waals surface area contributed by atoms with E-state index in [0.717, 1.165) is 23.6 Å². The van der Waals surface area contributed by atoms with Crippen LogP contribution in [0.2, 0.25) is 0 Å². The molecule has 2 N–H and O–H groups in total. The highest BCUT2D eigenvalue weighted by Crippen LogP contribution is 2.41.